The lowest BCUT2D eigenvalue weighted by atomic mass is 9.78. The second-order valence-electron chi connectivity index (χ2n) is 11.2. The first-order valence-corrected chi connectivity index (χ1v) is 16.0. The Kier molecular flexibility index (Phi) is 9.41. The molecule has 0 amide bonds. The molecule has 0 bridgehead atoms. The van der Waals surface area contributed by atoms with Crippen LogP contribution in [0.5, 0.6) is 0 Å². The average molecular weight is 575 g/mol. The number of aryl methyl sites for hydroxylation is 1. The zero-order valence-corrected chi connectivity index (χ0v) is 25.1. The van der Waals surface area contributed by atoms with E-state index in [-0.39, 0.29) is 4.90 Å². The van der Waals surface area contributed by atoms with Gasteiger partial charge in [0.25, 0.3) is 0 Å². The molecule has 210 valence electrons. The lowest BCUT2D eigenvalue weighted by molar-refractivity contribution is 0.325. The van der Waals surface area contributed by atoms with E-state index in [9.17, 15) is 12.6 Å². The fraction of sp³-hybridized carbons (Fsp3) is 0.273. The summed E-state index contributed by atoms with van der Waals surface area (Å²) in [5.74, 6) is 0. The molecule has 7 heteroatoms. The number of nitrogens with one attached hydrogen (secondary N) is 2. The van der Waals surface area contributed by atoms with Crippen molar-refractivity contribution >= 4 is 21.0 Å². The summed E-state index contributed by atoms with van der Waals surface area (Å²) >= 11 is 0. The molecule has 0 saturated heterocycles. The molecule has 40 heavy (non-hydrogen) atoms. The zero-order chi connectivity index (χ0) is 28.8. The van der Waals surface area contributed by atoms with Crippen LogP contribution in [0.15, 0.2) is 120 Å². The molecule has 0 spiro atoms. The van der Waals surface area contributed by atoms with Crippen LogP contribution in [0.1, 0.15) is 55.5 Å². The molecule has 0 aliphatic rings. The maximum absolute atomic E-state index is 13.8. The summed E-state index contributed by atoms with van der Waals surface area (Å²) in [4.78, 5) is 0.207. The number of hydrogen-bond donors (Lipinski definition) is 2. The Morgan fingerprint density at radius 2 is 1.27 bits per heavy atom. The van der Waals surface area contributed by atoms with Crippen molar-refractivity contribution in [2.24, 2.45) is 0 Å². The van der Waals surface area contributed by atoms with E-state index >= 15 is 0 Å². The summed E-state index contributed by atoms with van der Waals surface area (Å²) in [6, 6.07) is 35.8. The van der Waals surface area contributed by atoms with E-state index < -0.39 is 37.3 Å². The van der Waals surface area contributed by atoms with Crippen LogP contribution in [0.4, 0.5) is 0 Å². The van der Waals surface area contributed by atoms with Gasteiger partial charge in [0, 0.05) is 6.04 Å². The van der Waals surface area contributed by atoms with Crippen LogP contribution in [-0.4, -0.2) is 17.4 Å². The molecule has 5 nitrogen and oxygen atoms in total. The Labute approximate surface area is 241 Å². The van der Waals surface area contributed by atoms with Gasteiger partial charge in [0.05, 0.1) is 26.2 Å². The molecule has 0 heterocycles. The van der Waals surface area contributed by atoms with Crippen LogP contribution in [0, 0.1) is 6.92 Å². The van der Waals surface area contributed by atoms with Crippen molar-refractivity contribution < 1.29 is 12.6 Å². The molecule has 0 radical (unpaired) electrons. The van der Waals surface area contributed by atoms with Crippen molar-refractivity contribution in [1.29, 1.82) is 0 Å². The van der Waals surface area contributed by atoms with E-state index in [1.807, 2.05) is 119 Å². The Morgan fingerprint density at radius 1 is 0.750 bits per heavy atom. The lowest BCUT2D eigenvalue weighted by Crippen LogP contribution is -2.51. The Hall–Kier alpha value is -3.10. The maximum Gasteiger partial charge on any atom is 0.241 e. The fourth-order valence-corrected chi connectivity index (χ4v) is 6.85. The average Bonchev–Trinajstić information content (AvgIpc) is 2.94. The van der Waals surface area contributed by atoms with Gasteiger partial charge in [-0.05, 0) is 69.4 Å². The standard InChI is InChI=1S/C33H38N2O3S2/c1-26-20-22-30(23-21-26)40(37,38)34-31(28-16-10-6-11-17-28)25-33(29-18-12-7-13-19-29,35-39(36)32(2,3)4)24-27-14-8-5-9-15-27/h5-23,31,34-35H,24-25H2,1-4H3/t31-,33-,39-/m0/s1. The van der Waals surface area contributed by atoms with Gasteiger partial charge in [-0.2, -0.15) is 0 Å². The molecular weight excluding hydrogens is 537 g/mol. The molecule has 0 fully saturated rings. The minimum atomic E-state index is -3.86. The Balaban J connectivity index is 1.86. The van der Waals surface area contributed by atoms with E-state index in [0.717, 1.165) is 22.3 Å². The van der Waals surface area contributed by atoms with E-state index in [1.54, 1.807) is 24.3 Å². The van der Waals surface area contributed by atoms with Gasteiger partial charge in [-0.25, -0.2) is 22.1 Å². The summed E-state index contributed by atoms with van der Waals surface area (Å²) in [5.41, 5.74) is 2.94. The minimum absolute atomic E-state index is 0.207. The third-order valence-corrected chi connectivity index (χ3v) is 10.1. The van der Waals surface area contributed by atoms with Gasteiger partial charge < -0.3 is 0 Å². The van der Waals surface area contributed by atoms with Crippen molar-refractivity contribution in [3.63, 3.8) is 0 Å². The smallest absolute Gasteiger partial charge is 0.241 e. The molecule has 0 aliphatic carbocycles. The summed E-state index contributed by atoms with van der Waals surface area (Å²) < 4.78 is 47.1. The SMILES string of the molecule is Cc1ccc(S(=O)(=O)N[C@@H](C[C@](Cc2ccccc2)(N[S@@](=O)C(C)(C)C)c2ccccc2)c2ccccc2)cc1. The highest BCUT2D eigenvalue weighted by atomic mass is 32.2. The Bertz CT molecular complexity index is 1500. The van der Waals surface area contributed by atoms with Gasteiger partial charge in [0.1, 0.15) is 0 Å². The van der Waals surface area contributed by atoms with E-state index in [1.165, 1.54) is 0 Å². The van der Waals surface area contributed by atoms with Crippen molar-refractivity contribution in [1.82, 2.24) is 9.44 Å². The summed E-state index contributed by atoms with van der Waals surface area (Å²) in [6.07, 6.45) is 0.831. The molecule has 4 rings (SSSR count). The van der Waals surface area contributed by atoms with Crippen molar-refractivity contribution in [2.45, 2.75) is 61.8 Å². The molecule has 0 unspecified atom stereocenters. The predicted molar refractivity (Wildman–Crippen MR) is 165 cm³/mol. The Morgan fingerprint density at radius 3 is 1.82 bits per heavy atom. The zero-order valence-electron chi connectivity index (χ0n) is 23.5. The van der Waals surface area contributed by atoms with Crippen LogP contribution in [-0.2, 0) is 33.0 Å². The maximum atomic E-state index is 13.8. The second kappa shape index (κ2) is 12.6. The molecule has 3 atom stereocenters. The van der Waals surface area contributed by atoms with Crippen molar-refractivity contribution in [2.75, 3.05) is 0 Å². The summed E-state index contributed by atoms with van der Waals surface area (Å²) in [7, 11) is -5.31. The summed E-state index contributed by atoms with van der Waals surface area (Å²) in [6.45, 7) is 7.73. The van der Waals surface area contributed by atoms with Crippen LogP contribution < -0.4 is 9.44 Å². The van der Waals surface area contributed by atoms with Crippen molar-refractivity contribution in [3.8, 4) is 0 Å². The van der Waals surface area contributed by atoms with Gasteiger partial charge in [0.15, 0.2) is 0 Å². The molecule has 2 N–H and O–H groups in total. The third kappa shape index (κ3) is 7.55. The molecule has 4 aromatic rings. The van der Waals surface area contributed by atoms with Gasteiger partial charge >= 0.3 is 0 Å². The number of sulfonamides is 1. The highest BCUT2D eigenvalue weighted by molar-refractivity contribution is 7.89. The largest absolute Gasteiger partial charge is 0.242 e. The van der Waals surface area contributed by atoms with Gasteiger partial charge in [-0.1, -0.05) is 109 Å². The van der Waals surface area contributed by atoms with E-state index in [4.69, 9.17) is 0 Å². The minimum Gasteiger partial charge on any atom is -0.242 e. The van der Waals surface area contributed by atoms with Gasteiger partial charge in [0.2, 0.25) is 10.0 Å². The monoisotopic (exact) mass is 574 g/mol. The van der Waals surface area contributed by atoms with Crippen LogP contribution in [0.3, 0.4) is 0 Å². The van der Waals surface area contributed by atoms with Crippen LogP contribution in [0.2, 0.25) is 0 Å². The molecule has 0 aromatic heterocycles. The molecule has 0 saturated carbocycles. The number of hydrogen-bond acceptors (Lipinski definition) is 3. The fourth-order valence-electron chi connectivity index (χ4n) is 4.69. The third-order valence-electron chi connectivity index (χ3n) is 6.90. The predicted octanol–water partition coefficient (Wildman–Crippen LogP) is 6.59. The van der Waals surface area contributed by atoms with Crippen LogP contribution in [0.25, 0.3) is 0 Å². The van der Waals surface area contributed by atoms with Crippen molar-refractivity contribution in [3.05, 3.63) is 138 Å². The van der Waals surface area contributed by atoms with Crippen LogP contribution >= 0.6 is 0 Å². The van der Waals surface area contributed by atoms with Gasteiger partial charge in [-0.3, -0.25) is 0 Å². The summed E-state index contributed by atoms with van der Waals surface area (Å²) in [5, 5.41) is 0. The number of benzene rings is 4. The first-order chi connectivity index (χ1) is 19.0. The van der Waals surface area contributed by atoms with E-state index in [2.05, 4.69) is 9.44 Å². The second-order valence-corrected chi connectivity index (χ2v) is 14.9. The first kappa shape index (κ1) is 29.9. The molecular formula is C33H38N2O3S2. The quantitative estimate of drug-likeness (QED) is 0.212. The normalized spacial score (nSPS) is 15.2. The molecule has 0 aliphatic heterocycles. The van der Waals surface area contributed by atoms with E-state index in [0.29, 0.717) is 12.8 Å². The lowest BCUT2D eigenvalue weighted by Gasteiger charge is -2.40. The first-order valence-electron chi connectivity index (χ1n) is 13.4. The molecule has 4 aromatic carbocycles. The number of rotatable bonds is 11. The highest BCUT2D eigenvalue weighted by Gasteiger charge is 2.40. The topological polar surface area (TPSA) is 75.3 Å². The van der Waals surface area contributed by atoms with Gasteiger partial charge in [-0.15, -0.1) is 0 Å². The highest BCUT2D eigenvalue weighted by Crippen LogP contribution is 2.37.